The van der Waals surface area contributed by atoms with Crippen LogP contribution in [-0.4, -0.2) is 63.9 Å². The summed E-state index contributed by atoms with van der Waals surface area (Å²) >= 11 is 0. The quantitative estimate of drug-likeness (QED) is 0.803. The third-order valence-corrected chi connectivity index (χ3v) is 4.42. The van der Waals surface area contributed by atoms with E-state index in [1.54, 1.807) is 0 Å². The van der Waals surface area contributed by atoms with Gasteiger partial charge in [-0.1, -0.05) is 12.1 Å². The summed E-state index contributed by atoms with van der Waals surface area (Å²) in [5, 5.41) is 0. The second-order valence-corrected chi connectivity index (χ2v) is 6.31. The van der Waals surface area contributed by atoms with Crippen molar-refractivity contribution in [2.75, 3.05) is 39.3 Å². The maximum atomic E-state index is 4.46. The third-order valence-electron chi connectivity index (χ3n) is 4.42. The summed E-state index contributed by atoms with van der Waals surface area (Å²) in [5.74, 6) is 0. The van der Waals surface area contributed by atoms with Crippen LogP contribution in [0.4, 0.5) is 0 Å². The lowest BCUT2D eigenvalue weighted by Gasteiger charge is -2.27. The lowest BCUT2D eigenvalue weighted by molar-refractivity contribution is 0.207. The molecule has 0 unspecified atom stereocenters. The summed E-state index contributed by atoms with van der Waals surface area (Å²) in [4.78, 5) is 16.0. The fraction of sp³-hybridized carbons (Fsp3) is 0.421. The summed E-state index contributed by atoms with van der Waals surface area (Å²) in [6, 6.07) is 12.2. The zero-order valence-electron chi connectivity index (χ0n) is 14.2. The topological polar surface area (TPSA) is 35.5 Å². The lowest BCUT2D eigenvalue weighted by atomic mass is 10.3. The van der Waals surface area contributed by atoms with Gasteiger partial charge in [0.25, 0.3) is 0 Å². The molecule has 24 heavy (non-hydrogen) atoms. The third kappa shape index (κ3) is 5.37. The molecule has 3 heterocycles. The molecular formula is C19H26N5-. The number of aromatic nitrogens is 2. The molecule has 5 nitrogen and oxygen atoms in total. The lowest BCUT2D eigenvalue weighted by Crippen LogP contribution is -2.35. The van der Waals surface area contributed by atoms with Crippen LogP contribution < -0.4 is 0 Å². The van der Waals surface area contributed by atoms with Crippen LogP contribution in [0.5, 0.6) is 0 Å². The van der Waals surface area contributed by atoms with Crippen molar-refractivity contribution in [2.45, 2.75) is 13.1 Å². The van der Waals surface area contributed by atoms with Crippen LogP contribution in [0, 0.1) is 7.05 Å². The Morgan fingerprint density at radius 1 is 0.708 bits per heavy atom. The van der Waals surface area contributed by atoms with Gasteiger partial charge in [0.05, 0.1) is 11.4 Å². The van der Waals surface area contributed by atoms with E-state index in [1.807, 2.05) is 24.5 Å². The van der Waals surface area contributed by atoms with Crippen molar-refractivity contribution in [3.8, 4) is 0 Å². The fourth-order valence-electron chi connectivity index (χ4n) is 2.94. The van der Waals surface area contributed by atoms with Crippen molar-refractivity contribution in [1.29, 1.82) is 0 Å². The van der Waals surface area contributed by atoms with E-state index in [0.29, 0.717) is 0 Å². The van der Waals surface area contributed by atoms with Crippen molar-refractivity contribution >= 4 is 0 Å². The average Bonchev–Trinajstić information content (AvgIpc) is 2.70. The standard InChI is InChI=1S/C19H26N5/c1-22-10-12-23(16-18-6-2-4-8-20-18)14-15-24(13-11-22)17-19-7-3-5-9-21-19/h2-9H,1,10-17H2/q-1. The monoisotopic (exact) mass is 324 g/mol. The largest absolute Gasteiger partial charge is 0.457 e. The second kappa shape index (κ2) is 8.87. The Bertz CT molecular complexity index is 536. The molecule has 2 aromatic heterocycles. The van der Waals surface area contributed by atoms with Crippen LogP contribution in [0.2, 0.25) is 0 Å². The Balaban J connectivity index is 1.61. The molecule has 1 aliphatic heterocycles. The van der Waals surface area contributed by atoms with Gasteiger partial charge in [-0.05, 0) is 37.4 Å². The van der Waals surface area contributed by atoms with Crippen molar-refractivity contribution in [3.05, 3.63) is 67.2 Å². The highest BCUT2D eigenvalue weighted by molar-refractivity contribution is 5.04. The molecule has 1 fully saturated rings. The van der Waals surface area contributed by atoms with Crippen LogP contribution in [0.15, 0.2) is 48.8 Å². The van der Waals surface area contributed by atoms with Gasteiger partial charge in [0, 0.05) is 51.7 Å². The van der Waals surface area contributed by atoms with Crippen molar-refractivity contribution in [2.24, 2.45) is 0 Å². The van der Waals surface area contributed by atoms with E-state index in [-0.39, 0.29) is 0 Å². The SMILES string of the molecule is [CH2-]N1CCN(Cc2ccccn2)CCN(Cc2ccccn2)CC1. The van der Waals surface area contributed by atoms with Gasteiger partial charge in [0.15, 0.2) is 0 Å². The maximum Gasteiger partial charge on any atom is 0.0543 e. The van der Waals surface area contributed by atoms with Gasteiger partial charge in [0.1, 0.15) is 0 Å². The van der Waals surface area contributed by atoms with Crippen LogP contribution >= 0.6 is 0 Å². The Kier molecular flexibility index (Phi) is 6.29. The van der Waals surface area contributed by atoms with Gasteiger partial charge in [-0.15, -0.1) is 0 Å². The molecule has 0 aromatic carbocycles. The molecule has 2 aromatic rings. The smallest absolute Gasteiger partial charge is 0.0543 e. The van der Waals surface area contributed by atoms with Crippen molar-refractivity contribution in [1.82, 2.24) is 24.7 Å². The summed E-state index contributed by atoms with van der Waals surface area (Å²) in [5.41, 5.74) is 2.26. The van der Waals surface area contributed by atoms with Crippen LogP contribution in [0.1, 0.15) is 11.4 Å². The summed E-state index contributed by atoms with van der Waals surface area (Å²) in [6.45, 7) is 7.90. The summed E-state index contributed by atoms with van der Waals surface area (Å²) in [7, 11) is 4.17. The first-order chi connectivity index (χ1) is 11.8. The van der Waals surface area contributed by atoms with Gasteiger partial charge in [-0.25, -0.2) is 0 Å². The van der Waals surface area contributed by atoms with Crippen LogP contribution in [-0.2, 0) is 13.1 Å². The van der Waals surface area contributed by atoms with Crippen molar-refractivity contribution in [3.63, 3.8) is 0 Å². The number of hydrogen-bond donors (Lipinski definition) is 0. The highest BCUT2D eigenvalue weighted by atomic mass is 15.3. The molecule has 3 rings (SSSR count). The van der Waals surface area contributed by atoms with E-state index < -0.39 is 0 Å². The highest BCUT2D eigenvalue weighted by Crippen LogP contribution is 2.07. The fourth-order valence-corrected chi connectivity index (χ4v) is 2.94. The maximum absolute atomic E-state index is 4.46. The first-order valence-corrected chi connectivity index (χ1v) is 8.59. The van der Waals surface area contributed by atoms with Gasteiger partial charge in [0.2, 0.25) is 0 Å². The molecule has 128 valence electrons. The molecule has 0 spiro atoms. The molecule has 1 aliphatic rings. The number of hydrogen-bond acceptors (Lipinski definition) is 5. The highest BCUT2D eigenvalue weighted by Gasteiger charge is 2.14. The zero-order valence-corrected chi connectivity index (χ0v) is 14.2. The molecular weight excluding hydrogens is 298 g/mol. The van der Waals surface area contributed by atoms with E-state index in [9.17, 15) is 0 Å². The normalized spacial score (nSPS) is 18.7. The Morgan fingerprint density at radius 3 is 1.58 bits per heavy atom. The molecule has 0 aliphatic carbocycles. The van der Waals surface area contributed by atoms with Gasteiger partial charge in [-0.3, -0.25) is 26.8 Å². The minimum Gasteiger partial charge on any atom is -0.457 e. The summed E-state index contributed by atoms with van der Waals surface area (Å²) in [6.07, 6.45) is 3.74. The molecule has 0 saturated carbocycles. The van der Waals surface area contributed by atoms with Gasteiger partial charge >= 0.3 is 0 Å². The summed E-state index contributed by atoms with van der Waals surface area (Å²) < 4.78 is 0. The average molecular weight is 324 g/mol. The second-order valence-electron chi connectivity index (χ2n) is 6.31. The molecule has 0 N–H and O–H groups in total. The number of pyridine rings is 2. The molecule has 0 radical (unpaired) electrons. The predicted octanol–water partition coefficient (Wildman–Crippen LogP) is 1.89. The van der Waals surface area contributed by atoms with Crippen LogP contribution in [0.3, 0.4) is 0 Å². The minimum atomic E-state index is 0.895. The first kappa shape index (κ1) is 17.0. The van der Waals surface area contributed by atoms with E-state index in [2.05, 4.69) is 56.0 Å². The Hall–Kier alpha value is -1.82. The van der Waals surface area contributed by atoms with E-state index >= 15 is 0 Å². The van der Waals surface area contributed by atoms with Crippen LogP contribution in [0.25, 0.3) is 0 Å². The number of rotatable bonds is 4. The Morgan fingerprint density at radius 2 is 1.17 bits per heavy atom. The number of nitrogens with zero attached hydrogens (tertiary/aromatic N) is 5. The minimum absolute atomic E-state index is 0.895. The van der Waals surface area contributed by atoms with Gasteiger partial charge < -0.3 is 4.90 Å². The molecule has 1 saturated heterocycles. The van der Waals surface area contributed by atoms with E-state index in [0.717, 1.165) is 63.7 Å². The zero-order chi connectivity index (χ0) is 16.6. The van der Waals surface area contributed by atoms with Crippen molar-refractivity contribution < 1.29 is 0 Å². The molecule has 0 amide bonds. The molecule has 0 bridgehead atoms. The first-order valence-electron chi connectivity index (χ1n) is 8.59. The van der Waals surface area contributed by atoms with Gasteiger partial charge in [-0.2, -0.15) is 0 Å². The predicted molar refractivity (Wildman–Crippen MR) is 96.0 cm³/mol. The Labute approximate surface area is 144 Å². The van der Waals surface area contributed by atoms with E-state index in [1.165, 1.54) is 0 Å². The molecule has 5 heteroatoms. The van der Waals surface area contributed by atoms with E-state index in [4.69, 9.17) is 0 Å². The molecule has 0 atom stereocenters.